The zero-order chi connectivity index (χ0) is 13.2. The molecule has 0 radical (unpaired) electrons. The summed E-state index contributed by atoms with van der Waals surface area (Å²) in [6, 6.07) is 0. The van der Waals surface area contributed by atoms with Crippen molar-refractivity contribution in [3.63, 3.8) is 0 Å². The van der Waals surface area contributed by atoms with Gasteiger partial charge < -0.3 is 14.9 Å². The Bertz CT molecular complexity index is 445. The molecule has 7 heteroatoms. The van der Waals surface area contributed by atoms with Gasteiger partial charge in [-0.25, -0.2) is 0 Å². The van der Waals surface area contributed by atoms with E-state index in [1.165, 1.54) is 13.8 Å². The third kappa shape index (κ3) is 0.819. The number of aliphatic carboxylic acids is 2. The molecule has 1 aliphatic heterocycles. The highest BCUT2D eigenvalue weighted by molar-refractivity contribution is 6.24. The average molecular weight is 242 g/mol. The highest BCUT2D eigenvalue weighted by atomic mass is 16.6. The van der Waals surface area contributed by atoms with Crippen LogP contribution in [0.1, 0.15) is 20.3 Å². The van der Waals surface area contributed by atoms with Crippen molar-refractivity contribution in [2.45, 2.75) is 20.3 Å². The lowest BCUT2D eigenvalue weighted by Gasteiger charge is -2.63. The predicted molar refractivity (Wildman–Crippen MR) is 49.6 cm³/mol. The van der Waals surface area contributed by atoms with Crippen molar-refractivity contribution in [1.29, 1.82) is 0 Å². The lowest BCUT2D eigenvalue weighted by molar-refractivity contribution is -0.265. The smallest absolute Gasteiger partial charge is 0.333 e. The summed E-state index contributed by atoms with van der Waals surface area (Å²) in [5.74, 6) is -5.50. The molecule has 0 unspecified atom stereocenters. The van der Waals surface area contributed by atoms with Crippen LogP contribution in [0.15, 0.2) is 0 Å². The van der Waals surface area contributed by atoms with Gasteiger partial charge in [0.1, 0.15) is 0 Å². The Labute approximate surface area is 95.4 Å². The largest absolute Gasteiger partial charge is 0.480 e. The molecular weight excluding hydrogens is 232 g/mol. The van der Waals surface area contributed by atoms with Crippen molar-refractivity contribution < 1.29 is 34.1 Å². The molecule has 1 heterocycles. The minimum atomic E-state index is -2.40. The maximum Gasteiger partial charge on any atom is 0.333 e. The van der Waals surface area contributed by atoms with Gasteiger partial charge in [-0.15, -0.1) is 0 Å². The van der Waals surface area contributed by atoms with Gasteiger partial charge in [0.05, 0.1) is 0 Å². The van der Waals surface area contributed by atoms with Crippen LogP contribution in [0.3, 0.4) is 0 Å². The van der Waals surface area contributed by atoms with Gasteiger partial charge in [-0.2, -0.15) is 0 Å². The highest BCUT2D eigenvalue weighted by Crippen LogP contribution is 2.72. The summed E-state index contributed by atoms with van der Waals surface area (Å²) in [5, 5.41) is 18.2. The number of carboxylic acid groups (broad SMARTS) is 2. The van der Waals surface area contributed by atoms with E-state index in [-0.39, 0.29) is 6.42 Å². The van der Waals surface area contributed by atoms with E-state index in [1.54, 1.807) is 0 Å². The van der Waals surface area contributed by atoms with Crippen LogP contribution in [-0.4, -0.2) is 34.1 Å². The highest BCUT2D eigenvalue weighted by Gasteiger charge is 2.90. The fourth-order valence-electron chi connectivity index (χ4n) is 3.14. The molecule has 0 atom stereocenters. The summed E-state index contributed by atoms with van der Waals surface area (Å²) in [6.07, 6.45) is -0.286. The van der Waals surface area contributed by atoms with Crippen LogP contribution < -0.4 is 0 Å². The zero-order valence-electron chi connectivity index (χ0n) is 9.14. The van der Waals surface area contributed by atoms with Gasteiger partial charge in [-0.3, -0.25) is 19.2 Å². The van der Waals surface area contributed by atoms with Gasteiger partial charge in [0.15, 0.2) is 10.8 Å². The molecule has 17 heavy (non-hydrogen) atoms. The van der Waals surface area contributed by atoms with Crippen molar-refractivity contribution in [3.8, 4) is 0 Å². The zero-order valence-corrected chi connectivity index (χ0v) is 9.14. The third-order valence-electron chi connectivity index (χ3n) is 3.89. The maximum atomic E-state index is 11.5. The van der Waals surface area contributed by atoms with E-state index in [2.05, 4.69) is 4.74 Å². The molecule has 7 nitrogen and oxygen atoms in total. The minimum Gasteiger partial charge on any atom is -0.480 e. The number of hydrogen-bond donors (Lipinski definition) is 2. The molecule has 1 saturated carbocycles. The number of hydrogen-bond acceptors (Lipinski definition) is 5. The molecule has 2 rings (SSSR count). The van der Waals surface area contributed by atoms with E-state index in [9.17, 15) is 19.2 Å². The second-order valence-electron chi connectivity index (χ2n) is 5.00. The number of carbonyl (C=O) groups excluding carboxylic acids is 2. The fraction of sp³-hybridized carbons (Fsp3) is 0.600. The first kappa shape index (κ1) is 11.6. The summed E-state index contributed by atoms with van der Waals surface area (Å²) in [4.78, 5) is 45.4. The first-order valence-electron chi connectivity index (χ1n) is 4.88. The van der Waals surface area contributed by atoms with Crippen LogP contribution in [0.2, 0.25) is 0 Å². The summed E-state index contributed by atoms with van der Waals surface area (Å²) in [5.41, 5.74) is -5.52. The Kier molecular flexibility index (Phi) is 1.81. The lowest BCUT2D eigenvalue weighted by atomic mass is 9.35. The van der Waals surface area contributed by atoms with Crippen molar-refractivity contribution in [1.82, 2.24) is 0 Å². The van der Waals surface area contributed by atoms with Gasteiger partial charge in [0.25, 0.3) is 0 Å². The number of ether oxygens (including phenoxy) is 1. The van der Waals surface area contributed by atoms with Crippen LogP contribution in [0.5, 0.6) is 0 Å². The topological polar surface area (TPSA) is 118 Å². The van der Waals surface area contributed by atoms with E-state index in [4.69, 9.17) is 10.2 Å². The Balaban J connectivity index is 2.67. The number of cyclic esters (lactones) is 2. The molecule has 0 aromatic carbocycles. The lowest BCUT2D eigenvalue weighted by Crippen LogP contribution is -2.81. The van der Waals surface area contributed by atoms with E-state index in [0.717, 1.165) is 0 Å². The monoisotopic (exact) mass is 242 g/mol. The predicted octanol–water partition coefficient (Wildman–Crippen LogP) is -0.358. The van der Waals surface area contributed by atoms with Crippen molar-refractivity contribution in [2.75, 3.05) is 0 Å². The molecule has 2 fully saturated rings. The Morgan fingerprint density at radius 3 is 1.71 bits per heavy atom. The molecule has 1 saturated heterocycles. The van der Waals surface area contributed by atoms with Crippen molar-refractivity contribution in [2.24, 2.45) is 16.2 Å². The van der Waals surface area contributed by atoms with Crippen LogP contribution in [-0.2, 0) is 23.9 Å². The first-order chi connectivity index (χ1) is 7.64. The van der Waals surface area contributed by atoms with Crippen molar-refractivity contribution >= 4 is 23.9 Å². The molecule has 1 spiro atoms. The molecule has 2 aliphatic rings. The molecular formula is C10H10O7. The SMILES string of the molecule is CC1(C)CC(C(=O)O)(C(=O)O)C12C(=O)OC2=O. The Morgan fingerprint density at radius 2 is 1.53 bits per heavy atom. The quantitative estimate of drug-likeness (QED) is 0.501. The maximum absolute atomic E-state index is 11.5. The second-order valence-corrected chi connectivity index (χ2v) is 5.00. The molecule has 92 valence electrons. The van der Waals surface area contributed by atoms with Gasteiger partial charge in [-0.1, -0.05) is 13.8 Å². The minimum absolute atomic E-state index is 0.286. The third-order valence-corrected chi connectivity index (χ3v) is 3.89. The fourth-order valence-corrected chi connectivity index (χ4v) is 3.14. The molecule has 0 aromatic heterocycles. The summed E-state index contributed by atoms with van der Waals surface area (Å²) < 4.78 is 4.18. The number of carbonyl (C=O) groups is 4. The van der Waals surface area contributed by atoms with Crippen LogP contribution in [0.4, 0.5) is 0 Å². The average Bonchev–Trinajstić information content (AvgIpc) is 2.12. The summed E-state index contributed by atoms with van der Waals surface area (Å²) >= 11 is 0. The molecule has 2 N–H and O–H groups in total. The molecule has 0 amide bonds. The van der Waals surface area contributed by atoms with E-state index in [1.807, 2.05) is 0 Å². The van der Waals surface area contributed by atoms with Gasteiger partial charge in [0.2, 0.25) is 0 Å². The first-order valence-corrected chi connectivity index (χ1v) is 4.88. The Hall–Kier alpha value is -1.92. The normalized spacial score (nSPS) is 26.7. The number of esters is 2. The van der Waals surface area contributed by atoms with E-state index >= 15 is 0 Å². The summed E-state index contributed by atoms with van der Waals surface area (Å²) in [7, 11) is 0. The number of rotatable bonds is 2. The van der Waals surface area contributed by atoms with Gasteiger partial charge >= 0.3 is 23.9 Å². The van der Waals surface area contributed by atoms with Crippen LogP contribution in [0, 0.1) is 16.2 Å². The summed E-state index contributed by atoms with van der Waals surface area (Å²) in [6.45, 7) is 2.96. The number of carboxylic acids is 2. The van der Waals surface area contributed by atoms with E-state index < -0.39 is 40.1 Å². The van der Waals surface area contributed by atoms with Crippen LogP contribution in [0.25, 0.3) is 0 Å². The second kappa shape index (κ2) is 2.66. The molecule has 1 aliphatic carbocycles. The van der Waals surface area contributed by atoms with Crippen LogP contribution >= 0.6 is 0 Å². The van der Waals surface area contributed by atoms with Crippen molar-refractivity contribution in [3.05, 3.63) is 0 Å². The Morgan fingerprint density at radius 1 is 1.12 bits per heavy atom. The molecule has 0 aromatic rings. The van der Waals surface area contributed by atoms with Gasteiger partial charge in [-0.05, 0) is 11.8 Å². The van der Waals surface area contributed by atoms with Gasteiger partial charge in [0, 0.05) is 0 Å². The standard InChI is InChI=1S/C10H10O7/c1-8(2)3-9(4(11)12,5(13)14)10(8)6(15)17-7(10)16/h3H2,1-2H3,(H,11,12)(H,13,14). The van der Waals surface area contributed by atoms with E-state index in [0.29, 0.717) is 0 Å². The molecule has 0 bridgehead atoms.